The lowest BCUT2D eigenvalue weighted by Crippen LogP contribution is -2.50. The molecule has 144 valence electrons. The molecule has 1 aromatic carbocycles. The highest BCUT2D eigenvalue weighted by Gasteiger charge is 2.26. The number of hydrogen-bond acceptors (Lipinski definition) is 6. The minimum Gasteiger partial charge on any atom is -0.444 e. The topological polar surface area (TPSA) is 67.8 Å². The summed E-state index contributed by atoms with van der Waals surface area (Å²) >= 11 is 0. The van der Waals surface area contributed by atoms with Crippen molar-refractivity contribution < 1.29 is 18.7 Å². The molecule has 1 aliphatic heterocycles. The number of hydrogen-bond donors (Lipinski definition) is 0. The number of nitrogens with zero attached hydrogens (tertiary/aromatic N) is 4. The lowest BCUT2D eigenvalue weighted by molar-refractivity contribution is 0.0240. The second-order valence-electron chi connectivity index (χ2n) is 7.21. The Kier molecular flexibility index (Phi) is 5.43. The van der Waals surface area contributed by atoms with Crippen LogP contribution in [-0.4, -0.2) is 52.7 Å². The number of anilines is 1. The van der Waals surface area contributed by atoms with Crippen LogP contribution in [0.5, 0.6) is 11.6 Å². The average Bonchev–Trinajstić information content (AvgIpc) is 2.63. The van der Waals surface area contributed by atoms with E-state index < -0.39 is 5.60 Å². The first kappa shape index (κ1) is 18.9. The van der Waals surface area contributed by atoms with Crippen LogP contribution in [0.1, 0.15) is 20.8 Å². The van der Waals surface area contributed by atoms with Gasteiger partial charge in [-0.1, -0.05) is 0 Å². The molecule has 1 amide bonds. The summed E-state index contributed by atoms with van der Waals surface area (Å²) in [7, 11) is 0. The molecule has 3 rings (SSSR count). The van der Waals surface area contributed by atoms with Crippen LogP contribution < -0.4 is 9.64 Å². The minimum absolute atomic E-state index is 0.309. The number of piperazine rings is 1. The molecule has 1 aromatic heterocycles. The molecule has 1 aliphatic rings. The molecule has 2 aromatic rings. The van der Waals surface area contributed by atoms with Gasteiger partial charge in [0, 0.05) is 38.4 Å². The van der Waals surface area contributed by atoms with Crippen LogP contribution in [0, 0.1) is 5.82 Å². The third-order valence-electron chi connectivity index (χ3n) is 3.87. The number of rotatable bonds is 3. The molecule has 1 fully saturated rings. The summed E-state index contributed by atoms with van der Waals surface area (Å²) in [5.41, 5.74) is -0.511. The van der Waals surface area contributed by atoms with Crippen LogP contribution in [0.4, 0.5) is 15.1 Å². The highest BCUT2D eigenvalue weighted by Crippen LogP contribution is 2.22. The molecule has 0 aliphatic carbocycles. The minimum atomic E-state index is -0.511. The fourth-order valence-electron chi connectivity index (χ4n) is 2.58. The maximum Gasteiger partial charge on any atom is 0.410 e. The fourth-order valence-corrected chi connectivity index (χ4v) is 2.58. The summed E-state index contributed by atoms with van der Waals surface area (Å²) in [6.45, 7) is 7.80. The van der Waals surface area contributed by atoms with E-state index in [0.29, 0.717) is 43.8 Å². The summed E-state index contributed by atoms with van der Waals surface area (Å²) in [5, 5.41) is 0. The maximum absolute atomic E-state index is 13.0. The lowest BCUT2D eigenvalue weighted by Gasteiger charge is -2.35. The van der Waals surface area contributed by atoms with Crippen LogP contribution in [-0.2, 0) is 4.74 Å². The largest absolute Gasteiger partial charge is 0.444 e. The SMILES string of the molecule is CC(C)(C)OC(=O)N1CCN(c2nccc(Oc3ccc(F)cc3)n2)CC1. The van der Waals surface area contributed by atoms with Crippen molar-refractivity contribution in [2.45, 2.75) is 26.4 Å². The van der Waals surface area contributed by atoms with Gasteiger partial charge in [0.25, 0.3) is 0 Å². The first-order valence-corrected chi connectivity index (χ1v) is 8.79. The Morgan fingerprint density at radius 1 is 1.07 bits per heavy atom. The van der Waals surface area contributed by atoms with Crippen LogP contribution in [0.15, 0.2) is 36.5 Å². The predicted molar refractivity (Wildman–Crippen MR) is 98.5 cm³/mol. The van der Waals surface area contributed by atoms with E-state index in [-0.39, 0.29) is 11.9 Å². The van der Waals surface area contributed by atoms with E-state index in [2.05, 4.69) is 9.97 Å². The zero-order valence-electron chi connectivity index (χ0n) is 15.7. The number of ether oxygens (including phenoxy) is 2. The van der Waals surface area contributed by atoms with Crippen LogP contribution in [0.3, 0.4) is 0 Å². The average molecular weight is 374 g/mol. The van der Waals surface area contributed by atoms with Gasteiger partial charge < -0.3 is 19.3 Å². The zero-order valence-corrected chi connectivity index (χ0v) is 15.7. The molecule has 27 heavy (non-hydrogen) atoms. The number of halogens is 1. The van der Waals surface area contributed by atoms with Gasteiger partial charge in [0.2, 0.25) is 11.8 Å². The van der Waals surface area contributed by atoms with E-state index >= 15 is 0 Å². The van der Waals surface area contributed by atoms with Gasteiger partial charge in [0.05, 0.1) is 0 Å². The molecule has 0 spiro atoms. The maximum atomic E-state index is 13.0. The smallest absolute Gasteiger partial charge is 0.410 e. The van der Waals surface area contributed by atoms with E-state index in [1.54, 1.807) is 17.2 Å². The summed E-state index contributed by atoms with van der Waals surface area (Å²) in [6, 6.07) is 7.37. The number of carbonyl (C=O) groups excluding carboxylic acids is 1. The number of amides is 1. The van der Waals surface area contributed by atoms with Crippen molar-refractivity contribution in [1.82, 2.24) is 14.9 Å². The lowest BCUT2D eigenvalue weighted by atomic mass is 10.2. The van der Waals surface area contributed by atoms with E-state index in [0.717, 1.165) is 0 Å². The molecule has 8 heteroatoms. The van der Waals surface area contributed by atoms with Crippen molar-refractivity contribution in [3.8, 4) is 11.6 Å². The molecule has 1 saturated heterocycles. The molecule has 2 heterocycles. The number of aromatic nitrogens is 2. The molecule has 0 radical (unpaired) electrons. The Hall–Kier alpha value is -2.90. The molecule has 0 bridgehead atoms. The van der Waals surface area contributed by atoms with Gasteiger partial charge in [-0.25, -0.2) is 14.2 Å². The van der Waals surface area contributed by atoms with Gasteiger partial charge >= 0.3 is 6.09 Å². The Morgan fingerprint density at radius 3 is 2.37 bits per heavy atom. The molecule has 0 unspecified atom stereocenters. The Balaban J connectivity index is 1.60. The summed E-state index contributed by atoms with van der Waals surface area (Å²) in [6.07, 6.45) is 1.30. The Labute approximate surface area is 157 Å². The molecule has 0 atom stereocenters. The summed E-state index contributed by atoms with van der Waals surface area (Å²) < 4.78 is 24.0. The molecule has 0 saturated carbocycles. The van der Waals surface area contributed by atoms with E-state index in [1.807, 2.05) is 25.7 Å². The van der Waals surface area contributed by atoms with Crippen LogP contribution >= 0.6 is 0 Å². The van der Waals surface area contributed by atoms with E-state index in [9.17, 15) is 9.18 Å². The summed E-state index contributed by atoms with van der Waals surface area (Å²) in [5.74, 6) is 1.07. The van der Waals surface area contributed by atoms with Crippen molar-refractivity contribution in [1.29, 1.82) is 0 Å². The van der Waals surface area contributed by atoms with Crippen LogP contribution in [0.2, 0.25) is 0 Å². The van der Waals surface area contributed by atoms with E-state index in [1.165, 1.54) is 24.3 Å². The van der Waals surface area contributed by atoms with E-state index in [4.69, 9.17) is 9.47 Å². The second-order valence-corrected chi connectivity index (χ2v) is 7.21. The third-order valence-corrected chi connectivity index (χ3v) is 3.87. The Bertz CT molecular complexity index is 784. The number of carbonyl (C=O) groups is 1. The van der Waals surface area contributed by atoms with Gasteiger partial charge in [-0.15, -0.1) is 0 Å². The molecular weight excluding hydrogens is 351 g/mol. The van der Waals surface area contributed by atoms with Gasteiger partial charge in [-0.05, 0) is 45.0 Å². The zero-order chi connectivity index (χ0) is 19.4. The van der Waals surface area contributed by atoms with Crippen molar-refractivity contribution in [2.24, 2.45) is 0 Å². The van der Waals surface area contributed by atoms with Gasteiger partial charge in [0.1, 0.15) is 17.2 Å². The van der Waals surface area contributed by atoms with Crippen molar-refractivity contribution in [3.05, 3.63) is 42.3 Å². The number of benzene rings is 1. The molecule has 7 nitrogen and oxygen atoms in total. The van der Waals surface area contributed by atoms with Crippen molar-refractivity contribution in [3.63, 3.8) is 0 Å². The Morgan fingerprint density at radius 2 is 1.74 bits per heavy atom. The van der Waals surface area contributed by atoms with Crippen molar-refractivity contribution in [2.75, 3.05) is 31.1 Å². The normalized spacial score (nSPS) is 14.8. The first-order valence-electron chi connectivity index (χ1n) is 8.79. The van der Waals surface area contributed by atoms with Gasteiger partial charge in [-0.3, -0.25) is 0 Å². The monoisotopic (exact) mass is 374 g/mol. The third kappa shape index (κ3) is 5.29. The van der Waals surface area contributed by atoms with Crippen LogP contribution in [0.25, 0.3) is 0 Å². The second kappa shape index (κ2) is 7.77. The molecular formula is C19H23FN4O3. The molecule has 0 N–H and O–H groups in total. The van der Waals surface area contributed by atoms with Gasteiger partial charge in [-0.2, -0.15) is 4.98 Å². The standard InChI is InChI=1S/C19H23FN4O3/c1-19(2,3)27-18(25)24-12-10-23(11-13-24)17-21-9-8-16(22-17)26-15-6-4-14(20)5-7-15/h4-9H,10-13H2,1-3H3. The quantitative estimate of drug-likeness (QED) is 0.820. The van der Waals surface area contributed by atoms with Crippen molar-refractivity contribution >= 4 is 12.0 Å². The predicted octanol–water partition coefficient (Wildman–Crippen LogP) is 3.47. The van der Waals surface area contributed by atoms with Gasteiger partial charge in [0.15, 0.2) is 0 Å². The summed E-state index contributed by atoms with van der Waals surface area (Å²) in [4.78, 5) is 24.5. The highest BCUT2D eigenvalue weighted by molar-refractivity contribution is 5.68. The first-order chi connectivity index (χ1) is 12.8. The fraction of sp³-hybridized carbons (Fsp3) is 0.421. The highest BCUT2D eigenvalue weighted by atomic mass is 19.1.